The van der Waals surface area contributed by atoms with Gasteiger partial charge in [-0.05, 0) is 24.3 Å². The van der Waals surface area contributed by atoms with Crippen LogP contribution in [0.25, 0.3) is 0 Å². The first kappa shape index (κ1) is 18.0. The van der Waals surface area contributed by atoms with Crippen molar-refractivity contribution >= 4 is 45.4 Å². The number of sulfone groups is 1. The van der Waals surface area contributed by atoms with Crippen LogP contribution in [0.2, 0.25) is 0 Å². The molecule has 3 N–H and O–H groups in total. The fourth-order valence-electron chi connectivity index (χ4n) is 1.28. The van der Waals surface area contributed by atoms with Crippen LogP contribution in [0.5, 0.6) is 0 Å². The van der Waals surface area contributed by atoms with Crippen molar-refractivity contribution in [1.82, 2.24) is 5.32 Å². The first-order chi connectivity index (χ1) is 8.44. The van der Waals surface area contributed by atoms with Gasteiger partial charge in [0.1, 0.15) is 0 Å². The second-order valence-electron chi connectivity index (χ2n) is 3.72. The molecule has 0 aliphatic heterocycles. The first-order valence-electron chi connectivity index (χ1n) is 5.35. The highest BCUT2D eigenvalue weighted by Gasteiger charge is 2.11. The van der Waals surface area contributed by atoms with Gasteiger partial charge in [-0.15, -0.1) is 24.0 Å². The van der Waals surface area contributed by atoms with Crippen molar-refractivity contribution in [3.8, 4) is 0 Å². The van der Waals surface area contributed by atoms with Crippen LogP contribution < -0.4 is 11.1 Å². The number of hydrogen-bond acceptors (Lipinski definition) is 4. The van der Waals surface area contributed by atoms with Gasteiger partial charge in [0, 0.05) is 23.7 Å². The van der Waals surface area contributed by atoms with Crippen molar-refractivity contribution in [2.24, 2.45) is 0 Å². The first-order valence-corrected chi connectivity index (χ1v) is 7.70. The molecule has 0 radical (unpaired) electrons. The second-order valence-corrected chi connectivity index (χ2v) is 6.40. The SMILES string of the molecule is Cl.Nc1ccc(C(=O)NCCS(=O)(=O)CCCl)cc1. The molecule has 8 heteroatoms. The lowest BCUT2D eigenvalue weighted by Gasteiger charge is -2.05. The summed E-state index contributed by atoms with van der Waals surface area (Å²) in [4.78, 5) is 11.6. The van der Waals surface area contributed by atoms with Crippen LogP contribution in [0.15, 0.2) is 24.3 Å². The van der Waals surface area contributed by atoms with E-state index >= 15 is 0 Å². The van der Waals surface area contributed by atoms with Gasteiger partial charge in [0.25, 0.3) is 5.91 Å². The molecule has 0 atom stereocenters. The molecule has 0 heterocycles. The number of benzene rings is 1. The van der Waals surface area contributed by atoms with Crippen LogP contribution in [-0.4, -0.2) is 38.3 Å². The Kier molecular flexibility index (Phi) is 7.82. The summed E-state index contributed by atoms with van der Waals surface area (Å²) in [7, 11) is -3.18. The number of rotatable bonds is 6. The quantitative estimate of drug-likeness (QED) is 0.604. The maximum atomic E-state index is 11.6. The lowest BCUT2D eigenvalue weighted by Crippen LogP contribution is -2.30. The van der Waals surface area contributed by atoms with E-state index in [0.29, 0.717) is 11.3 Å². The van der Waals surface area contributed by atoms with E-state index in [9.17, 15) is 13.2 Å². The van der Waals surface area contributed by atoms with Gasteiger partial charge in [0.15, 0.2) is 9.84 Å². The van der Waals surface area contributed by atoms with E-state index in [1.807, 2.05) is 0 Å². The van der Waals surface area contributed by atoms with Gasteiger partial charge < -0.3 is 11.1 Å². The van der Waals surface area contributed by atoms with Gasteiger partial charge in [-0.25, -0.2) is 8.42 Å². The molecule has 0 aromatic heterocycles. The van der Waals surface area contributed by atoms with E-state index in [4.69, 9.17) is 17.3 Å². The second kappa shape index (κ2) is 8.24. The Balaban J connectivity index is 0.00000324. The van der Waals surface area contributed by atoms with Crippen LogP contribution >= 0.6 is 24.0 Å². The molecule has 1 amide bonds. The Morgan fingerprint density at radius 1 is 1.21 bits per heavy atom. The zero-order valence-electron chi connectivity index (χ0n) is 10.1. The molecule has 0 saturated heterocycles. The minimum absolute atomic E-state index is 0. The number of carbonyl (C=O) groups excluding carboxylic acids is 1. The summed E-state index contributed by atoms with van der Waals surface area (Å²) < 4.78 is 22.7. The molecule has 1 aromatic carbocycles. The number of nitrogens with two attached hydrogens (primary N) is 1. The van der Waals surface area contributed by atoms with Gasteiger partial charge in [0.2, 0.25) is 0 Å². The third-order valence-electron chi connectivity index (χ3n) is 2.26. The van der Waals surface area contributed by atoms with E-state index < -0.39 is 9.84 Å². The Bertz CT molecular complexity index is 503. The molecular formula is C11H16Cl2N2O3S. The van der Waals surface area contributed by atoms with Crippen LogP contribution in [0.3, 0.4) is 0 Å². The molecule has 1 aromatic rings. The molecule has 0 bridgehead atoms. The average molecular weight is 327 g/mol. The third-order valence-corrected chi connectivity index (χ3v) is 4.33. The summed E-state index contributed by atoms with van der Waals surface area (Å²) in [5.41, 5.74) is 6.50. The van der Waals surface area contributed by atoms with Gasteiger partial charge in [-0.3, -0.25) is 4.79 Å². The largest absolute Gasteiger partial charge is 0.399 e. The predicted molar refractivity (Wildman–Crippen MR) is 79.8 cm³/mol. The number of halogens is 2. The van der Waals surface area contributed by atoms with Crippen molar-refractivity contribution in [2.45, 2.75) is 0 Å². The Labute approximate surface area is 123 Å². The lowest BCUT2D eigenvalue weighted by molar-refractivity contribution is 0.0956. The number of hydrogen-bond donors (Lipinski definition) is 2. The summed E-state index contributed by atoms with van der Waals surface area (Å²) in [6.07, 6.45) is 0. The summed E-state index contributed by atoms with van der Waals surface area (Å²) in [5.74, 6) is -0.447. The van der Waals surface area contributed by atoms with Gasteiger partial charge in [-0.1, -0.05) is 0 Å². The summed E-state index contributed by atoms with van der Waals surface area (Å²) in [5, 5.41) is 2.53. The van der Waals surface area contributed by atoms with Crippen LogP contribution in [0.1, 0.15) is 10.4 Å². The number of nitrogen functional groups attached to an aromatic ring is 1. The molecule has 0 saturated carbocycles. The fraction of sp³-hybridized carbons (Fsp3) is 0.364. The number of alkyl halides is 1. The van der Waals surface area contributed by atoms with Gasteiger partial charge in [-0.2, -0.15) is 0 Å². The average Bonchev–Trinajstić information content (AvgIpc) is 2.29. The Hall–Kier alpha value is -0.980. The number of amides is 1. The zero-order valence-corrected chi connectivity index (χ0v) is 12.5. The van der Waals surface area contributed by atoms with Crippen molar-refractivity contribution in [3.63, 3.8) is 0 Å². The Morgan fingerprint density at radius 2 is 1.79 bits per heavy atom. The van der Waals surface area contributed by atoms with E-state index in [1.54, 1.807) is 24.3 Å². The van der Waals surface area contributed by atoms with Crippen molar-refractivity contribution in [2.75, 3.05) is 29.7 Å². The lowest BCUT2D eigenvalue weighted by atomic mass is 10.2. The maximum Gasteiger partial charge on any atom is 0.251 e. The van der Waals surface area contributed by atoms with E-state index in [-0.39, 0.29) is 42.2 Å². The maximum absolute atomic E-state index is 11.6. The van der Waals surface area contributed by atoms with E-state index in [0.717, 1.165) is 0 Å². The van der Waals surface area contributed by atoms with E-state index in [1.165, 1.54) is 0 Å². The number of anilines is 1. The summed E-state index contributed by atoms with van der Waals surface area (Å²) in [6, 6.07) is 6.38. The molecule has 0 unspecified atom stereocenters. The molecule has 19 heavy (non-hydrogen) atoms. The molecule has 1 rings (SSSR count). The summed E-state index contributed by atoms with van der Waals surface area (Å²) >= 11 is 5.36. The number of nitrogens with one attached hydrogen (secondary N) is 1. The topological polar surface area (TPSA) is 89.3 Å². The highest BCUT2D eigenvalue weighted by atomic mass is 35.5. The summed E-state index contributed by atoms with van der Waals surface area (Å²) in [6.45, 7) is 0.0719. The van der Waals surface area contributed by atoms with Crippen LogP contribution in [0.4, 0.5) is 5.69 Å². The third kappa shape index (κ3) is 6.66. The minimum atomic E-state index is -3.18. The molecule has 0 spiro atoms. The van der Waals surface area contributed by atoms with Crippen LogP contribution in [-0.2, 0) is 9.84 Å². The van der Waals surface area contributed by atoms with Gasteiger partial charge >= 0.3 is 0 Å². The van der Waals surface area contributed by atoms with Crippen molar-refractivity contribution in [3.05, 3.63) is 29.8 Å². The molecule has 0 aliphatic rings. The highest BCUT2D eigenvalue weighted by molar-refractivity contribution is 7.91. The van der Waals surface area contributed by atoms with Crippen molar-refractivity contribution in [1.29, 1.82) is 0 Å². The van der Waals surface area contributed by atoms with Crippen LogP contribution in [0, 0.1) is 0 Å². The standard InChI is InChI=1S/C11H15ClN2O3S.ClH/c12-5-7-18(16,17)8-6-14-11(15)9-1-3-10(13)4-2-9;/h1-4H,5-8,13H2,(H,14,15);1H. The molecule has 108 valence electrons. The highest BCUT2D eigenvalue weighted by Crippen LogP contribution is 2.04. The Morgan fingerprint density at radius 3 is 2.32 bits per heavy atom. The molecule has 0 aliphatic carbocycles. The fourth-order valence-corrected chi connectivity index (χ4v) is 2.83. The smallest absolute Gasteiger partial charge is 0.251 e. The molecular weight excluding hydrogens is 311 g/mol. The zero-order chi connectivity index (χ0) is 13.6. The monoisotopic (exact) mass is 326 g/mol. The normalized spacial score (nSPS) is 10.6. The molecule has 5 nitrogen and oxygen atoms in total. The predicted octanol–water partition coefficient (Wildman–Crippen LogP) is 1.07. The number of carbonyl (C=O) groups is 1. The van der Waals surface area contributed by atoms with Crippen molar-refractivity contribution < 1.29 is 13.2 Å². The van der Waals surface area contributed by atoms with E-state index in [2.05, 4.69) is 5.32 Å². The minimum Gasteiger partial charge on any atom is -0.399 e. The van der Waals surface area contributed by atoms with Gasteiger partial charge in [0.05, 0.1) is 11.5 Å². The molecule has 0 fully saturated rings.